The number of sulfonamides is 1. The van der Waals surface area contributed by atoms with Crippen LogP contribution in [-0.4, -0.2) is 49.4 Å². The molecule has 1 fully saturated rings. The van der Waals surface area contributed by atoms with E-state index < -0.39 is 10.0 Å². The molecule has 3 heterocycles. The van der Waals surface area contributed by atoms with E-state index in [-0.39, 0.29) is 10.8 Å². The van der Waals surface area contributed by atoms with Crippen LogP contribution in [0, 0.1) is 5.92 Å². The maximum Gasteiger partial charge on any atom is 0.260 e. The number of nitrogen functional groups attached to an aromatic ring is 1. The van der Waals surface area contributed by atoms with Gasteiger partial charge in [0.2, 0.25) is 5.03 Å². The second kappa shape index (κ2) is 5.54. The summed E-state index contributed by atoms with van der Waals surface area (Å²) in [7, 11) is -1.63. The molecule has 0 amide bonds. The van der Waals surface area contributed by atoms with Crippen molar-refractivity contribution in [1.29, 1.82) is 0 Å². The Bertz CT molecular complexity index is 737. The molecule has 0 spiro atoms. The number of nitrogens with two attached hydrogens (primary N) is 1. The van der Waals surface area contributed by atoms with Gasteiger partial charge in [-0.05, 0) is 25.9 Å². The van der Waals surface area contributed by atoms with Gasteiger partial charge in [0, 0.05) is 24.7 Å². The third-order valence-electron chi connectivity index (χ3n) is 3.66. The summed E-state index contributed by atoms with van der Waals surface area (Å²) >= 11 is 1.35. The van der Waals surface area contributed by atoms with Gasteiger partial charge in [-0.25, -0.2) is 19.0 Å². The van der Waals surface area contributed by atoms with Crippen molar-refractivity contribution in [2.24, 2.45) is 11.8 Å². The van der Waals surface area contributed by atoms with Crippen molar-refractivity contribution in [3.8, 4) is 0 Å². The summed E-state index contributed by atoms with van der Waals surface area (Å²) in [6, 6.07) is 0. The minimum Gasteiger partial charge on any atom is -0.306 e. The Morgan fingerprint density at radius 3 is 3.05 bits per heavy atom. The Hall–Kier alpha value is -1.20. The molecule has 4 N–H and O–H groups in total. The van der Waals surface area contributed by atoms with E-state index in [1.165, 1.54) is 15.7 Å². The molecule has 2 aromatic heterocycles. The SMILES string of the molecule is CN1CCC(CNS(=O)(=O)c2c(NN)nc3sccn23)C1. The lowest BCUT2D eigenvalue weighted by Gasteiger charge is -2.12. The molecule has 0 saturated carbocycles. The van der Waals surface area contributed by atoms with Crippen molar-refractivity contribution >= 4 is 32.1 Å². The summed E-state index contributed by atoms with van der Waals surface area (Å²) < 4.78 is 29.3. The monoisotopic (exact) mass is 330 g/mol. The molecule has 3 rings (SSSR count). The zero-order chi connectivity index (χ0) is 15.0. The number of imidazole rings is 1. The molecule has 21 heavy (non-hydrogen) atoms. The van der Waals surface area contributed by atoms with Gasteiger partial charge in [0.25, 0.3) is 10.0 Å². The zero-order valence-corrected chi connectivity index (χ0v) is 13.2. The molecule has 0 bridgehead atoms. The van der Waals surface area contributed by atoms with E-state index in [0.717, 1.165) is 19.5 Å². The minimum absolute atomic E-state index is 0.0626. The van der Waals surface area contributed by atoms with Gasteiger partial charge in [-0.3, -0.25) is 4.40 Å². The van der Waals surface area contributed by atoms with Crippen molar-refractivity contribution in [3.63, 3.8) is 0 Å². The highest BCUT2D eigenvalue weighted by atomic mass is 32.2. The quantitative estimate of drug-likeness (QED) is 0.523. The second-order valence-electron chi connectivity index (χ2n) is 5.23. The van der Waals surface area contributed by atoms with Crippen LogP contribution in [0.3, 0.4) is 0 Å². The summed E-state index contributed by atoms with van der Waals surface area (Å²) in [6.45, 7) is 2.34. The molecule has 0 aromatic carbocycles. The highest BCUT2D eigenvalue weighted by Crippen LogP contribution is 2.25. The molecule has 1 unspecified atom stereocenters. The minimum atomic E-state index is -3.67. The van der Waals surface area contributed by atoms with Crippen LogP contribution in [0.5, 0.6) is 0 Å². The number of nitrogens with zero attached hydrogens (tertiary/aromatic N) is 3. The first kappa shape index (κ1) is 14.7. The lowest BCUT2D eigenvalue weighted by molar-refractivity contribution is 0.394. The largest absolute Gasteiger partial charge is 0.306 e. The lowest BCUT2D eigenvalue weighted by atomic mass is 10.1. The van der Waals surface area contributed by atoms with Crippen LogP contribution in [0.15, 0.2) is 16.6 Å². The van der Waals surface area contributed by atoms with Crippen LogP contribution < -0.4 is 16.0 Å². The van der Waals surface area contributed by atoms with Crippen LogP contribution in [0.1, 0.15) is 6.42 Å². The van der Waals surface area contributed by atoms with Crippen LogP contribution in [0.4, 0.5) is 5.82 Å². The Morgan fingerprint density at radius 1 is 1.57 bits per heavy atom. The summed E-state index contributed by atoms with van der Waals surface area (Å²) in [5.41, 5.74) is 2.36. The molecule has 1 aliphatic heterocycles. The highest BCUT2D eigenvalue weighted by molar-refractivity contribution is 7.89. The summed E-state index contributed by atoms with van der Waals surface area (Å²) in [4.78, 5) is 6.95. The van der Waals surface area contributed by atoms with E-state index in [0.29, 0.717) is 17.4 Å². The average molecular weight is 330 g/mol. The van der Waals surface area contributed by atoms with E-state index >= 15 is 0 Å². The fourth-order valence-corrected chi connectivity index (χ4v) is 4.73. The smallest absolute Gasteiger partial charge is 0.260 e. The van der Waals surface area contributed by atoms with Crippen molar-refractivity contribution in [1.82, 2.24) is 19.0 Å². The maximum absolute atomic E-state index is 12.5. The molecular weight excluding hydrogens is 312 g/mol. The van der Waals surface area contributed by atoms with Gasteiger partial charge >= 0.3 is 0 Å². The number of thiazole rings is 1. The number of anilines is 1. The van der Waals surface area contributed by atoms with Crippen LogP contribution in [0.2, 0.25) is 0 Å². The van der Waals surface area contributed by atoms with Crippen LogP contribution in [-0.2, 0) is 10.0 Å². The number of likely N-dealkylation sites (tertiary alicyclic amines) is 1. The van der Waals surface area contributed by atoms with Gasteiger partial charge in [-0.2, -0.15) is 4.98 Å². The highest BCUT2D eigenvalue weighted by Gasteiger charge is 2.27. The van der Waals surface area contributed by atoms with Crippen LogP contribution in [0.25, 0.3) is 4.96 Å². The molecule has 1 aliphatic rings. The van der Waals surface area contributed by atoms with E-state index in [9.17, 15) is 8.42 Å². The Labute approximate surface area is 127 Å². The number of nitrogens with one attached hydrogen (secondary N) is 2. The summed E-state index contributed by atoms with van der Waals surface area (Å²) in [5, 5.41) is 1.85. The van der Waals surface area contributed by atoms with Gasteiger partial charge in [-0.15, -0.1) is 11.3 Å². The Balaban J connectivity index is 1.84. The van der Waals surface area contributed by atoms with Gasteiger partial charge < -0.3 is 10.3 Å². The van der Waals surface area contributed by atoms with Gasteiger partial charge in [0.15, 0.2) is 10.8 Å². The standard InChI is InChI=1S/C11H18N6O2S2/c1-16-3-2-8(7-16)6-13-21(18,19)10-9(15-12)14-11-17(10)4-5-20-11/h4-5,8,13,15H,2-3,6-7,12H2,1H3. The van der Waals surface area contributed by atoms with Crippen molar-refractivity contribution in [3.05, 3.63) is 11.6 Å². The predicted molar refractivity (Wildman–Crippen MR) is 81.7 cm³/mol. The topological polar surface area (TPSA) is 105 Å². The fraction of sp³-hybridized carbons (Fsp3) is 0.545. The number of fused-ring (bicyclic) bond motifs is 1. The number of hydrogen-bond donors (Lipinski definition) is 3. The molecule has 1 saturated heterocycles. The number of rotatable bonds is 5. The Morgan fingerprint density at radius 2 is 2.38 bits per heavy atom. The molecule has 8 nitrogen and oxygen atoms in total. The summed E-state index contributed by atoms with van der Waals surface area (Å²) in [6.07, 6.45) is 2.67. The van der Waals surface area contributed by atoms with Gasteiger partial charge in [-0.1, -0.05) is 0 Å². The normalized spacial score (nSPS) is 20.4. The van der Waals surface area contributed by atoms with E-state index in [1.54, 1.807) is 11.6 Å². The first-order valence-corrected chi connectivity index (χ1v) is 8.98. The third-order valence-corrected chi connectivity index (χ3v) is 5.86. The first-order chi connectivity index (χ1) is 10.0. The maximum atomic E-state index is 12.5. The lowest BCUT2D eigenvalue weighted by Crippen LogP contribution is -2.32. The molecule has 116 valence electrons. The summed E-state index contributed by atoms with van der Waals surface area (Å²) in [5.74, 6) is 5.89. The molecule has 2 aromatic rings. The number of hydrazine groups is 1. The first-order valence-electron chi connectivity index (χ1n) is 6.61. The van der Waals surface area contributed by atoms with E-state index in [1.807, 2.05) is 7.05 Å². The third kappa shape index (κ3) is 2.77. The molecular formula is C11H18N6O2S2. The zero-order valence-electron chi connectivity index (χ0n) is 11.6. The molecule has 10 heteroatoms. The van der Waals surface area contributed by atoms with Crippen molar-refractivity contribution < 1.29 is 8.42 Å². The molecule has 1 atom stereocenters. The average Bonchev–Trinajstić information content (AvgIpc) is 3.10. The molecule has 0 aliphatic carbocycles. The van der Waals surface area contributed by atoms with E-state index in [4.69, 9.17) is 5.84 Å². The second-order valence-corrected chi connectivity index (χ2v) is 7.79. The van der Waals surface area contributed by atoms with Gasteiger partial charge in [0.1, 0.15) is 0 Å². The number of hydrogen-bond acceptors (Lipinski definition) is 7. The fourth-order valence-electron chi connectivity index (χ4n) is 2.60. The number of aromatic nitrogens is 2. The predicted octanol–water partition coefficient (Wildman–Crippen LogP) is -0.0886. The molecule has 0 radical (unpaired) electrons. The van der Waals surface area contributed by atoms with Crippen molar-refractivity contribution in [2.45, 2.75) is 11.4 Å². The Kier molecular flexibility index (Phi) is 3.88. The van der Waals surface area contributed by atoms with Crippen molar-refractivity contribution in [2.75, 3.05) is 32.1 Å². The van der Waals surface area contributed by atoms with Crippen LogP contribution >= 0.6 is 11.3 Å². The van der Waals surface area contributed by atoms with E-state index in [2.05, 4.69) is 20.0 Å². The van der Waals surface area contributed by atoms with Gasteiger partial charge in [0.05, 0.1) is 0 Å².